The van der Waals surface area contributed by atoms with Gasteiger partial charge >= 0.3 is 0 Å². The van der Waals surface area contributed by atoms with Crippen LogP contribution in [0.4, 0.5) is 10.2 Å². The van der Waals surface area contributed by atoms with Crippen LogP contribution in [0.25, 0.3) is 39.5 Å². The zero-order valence-corrected chi connectivity index (χ0v) is 18.1. The molecule has 0 atom stereocenters. The Balaban J connectivity index is 1.83. The van der Waals surface area contributed by atoms with E-state index in [0.717, 1.165) is 26.9 Å². The molecule has 0 unspecified atom stereocenters. The van der Waals surface area contributed by atoms with Crippen LogP contribution >= 0.6 is 15.9 Å². The van der Waals surface area contributed by atoms with Crippen molar-refractivity contribution in [2.75, 3.05) is 5.73 Å². The number of anilines is 1. The first-order chi connectivity index (χ1) is 15.0. The average molecular weight is 474 g/mol. The summed E-state index contributed by atoms with van der Waals surface area (Å²) in [6.45, 7) is 2.04. The van der Waals surface area contributed by atoms with Gasteiger partial charge in [-0.2, -0.15) is 0 Å². The summed E-state index contributed by atoms with van der Waals surface area (Å²) < 4.78 is 16.2. The van der Waals surface area contributed by atoms with Crippen molar-refractivity contribution < 1.29 is 4.39 Å². The summed E-state index contributed by atoms with van der Waals surface area (Å²) in [5, 5.41) is 0. The molecule has 0 spiro atoms. The lowest BCUT2D eigenvalue weighted by Crippen LogP contribution is -2.02. The number of halogens is 2. The van der Waals surface area contributed by atoms with Crippen LogP contribution in [-0.4, -0.2) is 19.5 Å². The van der Waals surface area contributed by atoms with E-state index in [-0.39, 0.29) is 5.82 Å². The van der Waals surface area contributed by atoms with Gasteiger partial charge in [-0.1, -0.05) is 17.7 Å². The van der Waals surface area contributed by atoms with Crippen molar-refractivity contribution in [2.45, 2.75) is 6.92 Å². The SMILES string of the molecule is Cc1ccc(-n2c(-c3cccnc3N)nc3cc(Br)c(-c4ccc(F)cc4)nc32)cc1. The van der Waals surface area contributed by atoms with E-state index < -0.39 is 0 Å². The lowest BCUT2D eigenvalue weighted by molar-refractivity contribution is 0.628. The molecule has 2 N–H and O–H groups in total. The number of nitrogen functional groups attached to an aromatic ring is 1. The number of aryl methyl sites for hydroxylation is 1. The minimum Gasteiger partial charge on any atom is -0.383 e. The van der Waals surface area contributed by atoms with Crippen molar-refractivity contribution in [1.29, 1.82) is 0 Å². The summed E-state index contributed by atoms with van der Waals surface area (Å²) in [6.07, 6.45) is 1.65. The number of nitrogens with two attached hydrogens (primary N) is 1. The molecule has 0 radical (unpaired) electrons. The number of hydrogen-bond donors (Lipinski definition) is 1. The molecule has 31 heavy (non-hydrogen) atoms. The topological polar surface area (TPSA) is 69.6 Å². The maximum Gasteiger partial charge on any atom is 0.165 e. The highest BCUT2D eigenvalue weighted by Gasteiger charge is 2.20. The molecule has 0 aliphatic carbocycles. The Labute approximate surface area is 186 Å². The number of rotatable bonds is 3. The number of aromatic nitrogens is 4. The van der Waals surface area contributed by atoms with Crippen LogP contribution in [0.3, 0.4) is 0 Å². The largest absolute Gasteiger partial charge is 0.383 e. The second-order valence-electron chi connectivity index (χ2n) is 7.21. The van der Waals surface area contributed by atoms with E-state index in [1.165, 1.54) is 12.1 Å². The Morgan fingerprint density at radius 2 is 1.71 bits per heavy atom. The van der Waals surface area contributed by atoms with Crippen LogP contribution in [0.2, 0.25) is 0 Å². The molecule has 0 aliphatic heterocycles. The molecule has 5 nitrogen and oxygen atoms in total. The van der Waals surface area contributed by atoms with Gasteiger partial charge in [0.2, 0.25) is 0 Å². The van der Waals surface area contributed by atoms with E-state index in [1.54, 1.807) is 18.3 Å². The van der Waals surface area contributed by atoms with E-state index in [4.69, 9.17) is 15.7 Å². The monoisotopic (exact) mass is 473 g/mol. The van der Waals surface area contributed by atoms with Crippen LogP contribution in [0, 0.1) is 12.7 Å². The second-order valence-corrected chi connectivity index (χ2v) is 8.07. The van der Waals surface area contributed by atoms with Crippen molar-refractivity contribution in [3.8, 4) is 28.3 Å². The number of imidazole rings is 1. The summed E-state index contributed by atoms with van der Waals surface area (Å²) in [5.41, 5.74) is 11.8. The predicted molar refractivity (Wildman–Crippen MR) is 124 cm³/mol. The molecule has 0 fully saturated rings. The highest BCUT2D eigenvalue weighted by Crippen LogP contribution is 2.35. The molecule has 2 aromatic carbocycles. The standard InChI is InChI=1S/C24H17BrFN5/c1-14-4-10-17(11-5-14)31-23(18-3-2-12-28-22(18)27)29-20-13-19(25)21(30-24(20)31)15-6-8-16(26)9-7-15/h2-13H,1H3,(H2,27,28). The van der Waals surface area contributed by atoms with E-state index >= 15 is 0 Å². The van der Waals surface area contributed by atoms with E-state index in [9.17, 15) is 4.39 Å². The Morgan fingerprint density at radius 1 is 0.968 bits per heavy atom. The fourth-order valence-electron chi connectivity index (χ4n) is 3.52. The normalized spacial score (nSPS) is 11.2. The smallest absolute Gasteiger partial charge is 0.165 e. The van der Waals surface area contributed by atoms with Gasteiger partial charge in [0, 0.05) is 21.9 Å². The third-order valence-corrected chi connectivity index (χ3v) is 5.68. The van der Waals surface area contributed by atoms with Gasteiger partial charge in [0.15, 0.2) is 11.5 Å². The zero-order chi connectivity index (χ0) is 21.5. The molecule has 0 bridgehead atoms. The summed E-state index contributed by atoms with van der Waals surface area (Å²) in [4.78, 5) is 14.0. The van der Waals surface area contributed by atoms with Gasteiger partial charge < -0.3 is 5.73 Å². The molecule has 3 aromatic heterocycles. The van der Waals surface area contributed by atoms with Gasteiger partial charge in [0.05, 0.1) is 11.3 Å². The molecule has 0 saturated carbocycles. The molecule has 152 valence electrons. The predicted octanol–water partition coefficient (Wildman–Crippen LogP) is 5.94. The number of fused-ring (bicyclic) bond motifs is 1. The van der Waals surface area contributed by atoms with Gasteiger partial charge in [-0.15, -0.1) is 0 Å². The molecule has 0 aliphatic rings. The lowest BCUT2D eigenvalue weighted by atomic mass is 10.1. The van der Waals surface area contributed by atoms with Crippen molar-refractivity contribution >= 4 is 32.9 Å². The summed E-state index contributed by atoms with van der Waals surface area (Å²) in [5.74, 6) is 0.754. The lowest BCUT2D eigenvalue weighted by Gasteiger charge is -2.11. The number of hydrogen-bond acceptors (Lipinski definition) is 4. The Hall–Kier alpha value is -3.58. The minimum atomic E-state index is -0.292. The average Bonchev–Trinajstić information content (AvgIpc) is 3.12. The molecule has 5 rings (SSSR count). The van der Waals surface area contributed by atoms with Crippen molar-refractivity contribution in [1.82, 2.24) is 19.5 Å². The Bertz CT molecular complexity index is 1410. The van der Waals surface area contributed by atoms with E-state index in [2.05, 4.69) is 20.9 Å². The van der Waals surface area contributed by atoms with E-state index in [0.29, 0.717) is 28.5 Å². The molecule has 3 heterocycles. The first kappa shape index (κ1) is 19.4. The number of nitrogens with zero attached hydrogens (tertiary/aromatic N) is 4. The van der Waals surface area contributed by atoms with Gasteiger partial charge in [0.25, 0.3) is 0 Å². The number of pyridine rings is 2. The summed E-state index contributed by atoms with van der Waals surface area (Å²) in [7, 11) is 0. The number of benzene rings is 2. The molecule has 0 amide bonds. The Kier molecular flexibility index (Phi) is 4.75. The van der Waals surface area contributed by atoms with Crippen LogP contribution in [-0.2, 0) is 0 Å². The first-order valence-corrected chi connectivity index (χ1v) is 10.4. The Morgan fingerprint density at radius 3 is 2.42 bits per heavy atom. The molecule has 7 heteroatoms. The zero-order valence-electron chi connectivity index (χ0n) is 16.6. The highest BCUT2D eigenvalue weighted by atomic mass is 79.9. The van der Waals surface area contributed by atoms with Crippen LogP contribution in [0.5, 0.6) is 0 Å². The maximum absolute atomic E-state index is 13.4. The third kappa shape index (κ3) is 3.47. The first-order valence-electron chi connectivity index (χ1n) is 9.64. The minimum absolute atomic E-state index is 0.292. The fraction of sp³-hybridized carbons (Fsp3) is 0.0417. The quantitative estimate of drug-likeness (QED) is 0.351. The van der Waals surface area contributed by atoms with E-state index in [1.807, 2.05) is 54.0 Å². The second kappa shape index (κ2) is 7.59. The van der Waals surface area contributed by atoms with Crippen molar-refractivity contribution in [2.24, 2.45) is 0 Å². The summed E-state index contributed by atoms with van der Waals surface area (Å²) >= 11 is 3.60. The van der Waals surface area contributed by atoms with Crippen LogP contribution in [0.15, 0.2) is 77.4 Å². The van der Waals surface area contributed by atoms with Crippen molar-refractivity contribution in [3.05, 3.63) is 88.8 Å². The fourth-order valence-corrected chi connectivity index (χ4v) is 4.05. The van der Waals surface area contributed by atoms with Gasteiger partial charge in [-0.3, -0.25) is 4.57 Å². The molecule has 5 aromatic rings. The van der Waals surface area contributed by atoms with Gasteiger partial charge in [-0.25, -0.2) is 19.3 Å². The van der Waals surface area contributed by atoms with Gasteiger partial charge in [0.1, 0.15) is 17.2 Å². The summed E-state index contributed by atoms with van der Waals surface area (Å²) in [6, 6.07) is 20.0. The van der Waals surface area contributed by atoms with Crippen LogP contribution in [0.1, 0.15) is 5.56 Å². The van der Waals surface area contributed by atoms with Crippen molar-refractivity contribution in [3.63, 3.8) is 0 Å². The van der Waals surface area contributed by atoms with Gasteiger partial charge in [-0.05, 0) is 77.5 Å². The molecular formula is C24H17BrFN5. The highest BCUT2D eigenvalue weighted by molar-refractivity contribution is 9.10. The molecular weight excluding hydrogens is 457 g/mol. The van der Waals surface area contributed by atoms with Crippen LogP contribution < -0.4 is 5.73 Å². The third-order valence-electron chi connectivity index (χ3n) is 5.08. The maximum atomic E-state index is 13.4. The molecule has 0 saturated heterocycles.